The van der Waals surface area contributed by atoms with E-state index < -0.39 is 0 Å². The fourth-order valence-corrected chi connectivity index (χ4v) is 3.67. The SMILES string of the molecule is COc1ccc(C=Cc2nc3sc(=Cc4cccc(Cl)c4)c(=O)n3n2)cc1. The quantitative estimate of drug-likeness (QED) is 0.530. The van der Waals surface area contributed by atoms with E-state index in [1.54, 1.807) is 31.4 Å². The molecule has 0 fully saturated rings. The number of thiazole rings is 1. The number of hydrogen-bond donors (Lipinski definition) is 0. The average molecular weight is 396 g/mol. The van der Waals surface area contributed by atoms with E-state index >= 15 is 0 Å². The predicted molar refractivity (Wildman–Crippen MR) is 109 cm³/mol. The van der Waals surface area contributed by atoms with Crippen molar-refractivity contribution in [1.29, 1.82) is 0 Å². The summed E-state index contributed by atoms with van der Waals surface area (Å²) in [7, 11) is 1.63. The van der Waals surface area contributed by atoms with Gasteiger partial charge < -0.3 is 4.74 Å². The van der Waals surface area contributed by atoms with Crippen LogP contribution < -0.4 is 14.8 Å². The van der Waals surface area contributed by atoms with Gasteiger partial charge in [-0.2, -0.15) is 9.50 Å². The van der Waals surface area contributed by atoms with E-state index in [0.29, 0.717) is 20.3 Å². The zero-order valence-corrected chi connectivity index (χ0v) is 15.9. The molecule has 27 heavy (non-hydrogen) atoms. The van der Waals surface area contributed by atoms with E-state index in [4.69, 9.17) is 16.3 Å². The highest BCUT2D eigenvalue weighted by atomic mass is 35.5. The van der Waals surface area contributed by atoms with Crippen molar-refractivity contribution in [2.45, 2.75) is 0 Å². The lowest BCUT2D eigenvalue weighted by molar-refractivity contribution is 0.415. The van der Waals surface area contributed by atoms with Crippen LogP contribution in [0, 0.1) is 0 Å². The van der Waals surface area contributed by atoms with Crippen LogP contribution >= 0.6 is 22.9 Å². The van der Waals surface area contributed by atoms with Crippen molar-refractivity contribution in [3.8, 4) is 5.75 Å². The van der Waals surface area contributed by atoms with Crippen LogP contribution in [-0.4, -0.2) is 21.7 Å². The molecule has 0 atom stereocenters. The highest BCUT2D eigenvalue weighted by molar-refractivity contribution is 7.15. The first kappa shape index (κ1) is 17.5. The normalized spacial score (nSPS) is 12.3. The van der Waals surface area contributed by atoms with Gasteiger partial charge in [0.15, 0.2) is 5.82 Å². The van der Waals surface area contributed by atoms with E-state index in [1.807, 2.05) is 42.5 Å². The lowest BCUT2D eigenvalue weighted by atomic mass is 10.2. The Morgan fingerprint density at radius 1 is 1.11 bits per heavy atom. The van der Waals surface area contributed by atoms with Gasteiger partial charge in [0.2, 0.25) is 4.96 Å². The third-order valence-electron chi connectivity index (χ3n) is 3.89. The second-order valence-electron chi connectivity index (χ2n) is 5.74. The second kappa shape index (κ2) is 7.34. The van der Waals surface area contributed by atoms with Gasteiger partial charge in [0.25, 0.3) is 5.56 Å². The summed E-state index contributed by atoms with van der Waals surface area (Å²) in [5.74, 6) is 1.29. The predicted octanol–water partition coefficient (Wildman–Crippen LogP) is 3.53. The van der Waals surface area contributed by atoms with Gasteiger partial charge in [-0.05, 0) is 47.5 Å². The summed E-state index contributed by atoms with van der Waals surface area (Å²) < 4.78 is 7.03. The first-order valence-electron chi connectivity index (χ1n) is 8.11. The Morgan fingerprint density at radius 3 is 2.63 bits per heavy atom. The van der Waals surface area contributed by atoms with Crippen molar-refractivity contribution in [3.63, 3.8) is 0 Å². The van der Waals surface area contributed by atoms with Crippen molar-refractivity contribution < 1.29 is 4.74 Å². The molecule has 0 bridgehead atoms. The molecule has 0 amide bonds. The third-order valence-corrected chi connectivity index (χ3v) is 5.08. The van der Waals surface area contributed by atoms with Gasteiger partial charge in [-0.25, -0.2) is 0 Å². The van der Waals surface area contributed by atoms with Crippen LogP contribution in [0.4, 0.5) is 0 Å². The molecule has 0 saturated heterocycles. The number of methoxy groups -OCH3 is 1. The van der Waals surface area contributed by atoms with E-state index in [-0.39, 0.29) is 5.56 Å². The number of rotatable bonds is 4. The van der Waals surface area contributed by atoms with Crippen LogP contribution in [0.1, 0.15) is 17.0 Å². The van der Waals surface area contributed by atoms with Crippen molar-refractivity contribution in [1.82, 2.24) is 14.6 Å². The van der Waals surface area contributed by atoms with E-state index in [9.17, 15) is 4.79 Å². The first-order valence-corrected chi connectivity index (χ1v) is 9.31. The second-order valence-corrected chi connectivity index (χ2v) is 7.19. The maximum absolute atomic E-state index is 12.5. The Hall–Kier alpha value is -2.96. The molecule has 5 nitrogen and oxygen atoms in total. The van der Waals surface area contributed by atoms with Gasteiger partial charge in [-0.15, -0.1) is 5.10 Å². The fourth-order valence-electron chi connectivity index (χ4n) is 2.55. The van der Waals surface area contributed by atoms with Crippen LogP contribution in [0.25, 0.3) is 23.2 Å². The van der Waals surface area contributed by atoms with Gasteiger partial charge in [0, 0.05) is 5.02 Å². The number of hydrogen-bond acceptors (Lipinski definition) is 5. The van der Waals surface area contributed by atoms with Gasteiger partial charge in [0.1, 0.15) is 5.75 Å². The highest BCUT2D eigenvalue weighted by Crippen LogP contribution is 2.14. The molecule has 0 spiro atoms. The molecule has 2 heterocycles. The lowest BCUT2D eigenvalue weighted by Crippen LogP contribution is -2.23. The molecule has 0 radical (unpaired) electrons. The minimum atomic E-state index is -0.188. The number of benzene rings is 2. The summed E-state index contributed by atoms with van der Waals surface area (Å²) in [5, 5.41) is 4.91. The molecule has 0 aliphatic carbocycles. The summed E-state index contributed by atoms with van der Waals surface area (Å²) in [6.45, 7) is 0. The van der Waals surface area contributed by atoms with Gasteiger partial charge in [-0.1, -0.05) is 53.3 Å². The summed E-state index contributed by atoms with van der Waals surface area (Å²) in [5.41, 5.74) is 1.67. The molecule has 4 rings (SSSR count). The highest BCUT2D eigenvalue weighted by Gasteiger charge is 2.08. The van der Waals surface area contributed by atoms with E-state index in [1.165, 1.54) is 15.9 Å². The minimum absolute atomic E-state index is 0.188. The topological polar surface area (TPSA) is 56.5 Å². The zero-order valence-electron chi connectivity index (χ0n) is 14.3. The summed E-state index contributed by atoms with van der Waals surface area (Å²) >= 11 is 7.29. The molecule has 7 heteroatoms. The van der Waals surface area contributed by atoms with Crippen LogP contribution in [0.2, 0.25) is 5.02 Å². The minimum Gasteiger partial charge on any atom is -0.497 e. The Bertz CT molecular complexity index is 1240. The van der Waals surface area contributed by atoms with Gasteiger partial charge in [-0.3, -0.25) is 4.79 Å². The van der Waals surface area contributed by atoms with Crippen molar-refractivity contribution in [2.24, 2.45) is 0 Å². The molecule has 0 saturated carbocycles. The van der Waals surface area contributed by atoms with Crippen molar-refractivity contribution >= 4 is 46.1 Å². The Morgan fingerprint density at radius 2 is 1.93 bits per heavy atom. The van der Waals surface area contributed by atoms with E-state index in [0.717, 1.165) is 16.9 Å². The number of nitrogens with zero attached hydrogens (tertiary/aromatic N) is 3. The molecule has 2 aromatic carbocycles. The molecule has 134 valence electrons. The average Bonchev–Trinajstić information content (AvgIpc) is 3.20. The standard InChI is InChI=1S/C20H14ClN3O2S/c1-26-16-8-5-13(6-9-16)7-10-18-22-20-24(23-18)19(25)17(27-20)12-14-3-2-4-15(21)11-14/h2-12H,1H3. The number of halogens is 1. The Kier molecular flexibility index (Phi) is 4.75. The molecule has 0 unspecified atom stereocenters. The van der Waals surface area contributed by atoms with E-state index in [2.05, 4.69) is 10.1 Å². The van der Waals surface area contributed by atoms with Crippen LogP contribution in [0.15, 0.2) is 53.3 Å². The monoisotopic (exact) mass is 395 g/mol. The summed E-state index contributed by atoms with van der Waals surface area (Å²) in [6.07, 6.45) is 5.46. The molecule has 0 N–H and O–H groups in total. The maximum atomic E-state index is 12.5. The van der Waals surface area contributed by atoms with Crippen molar-refractivity contribution in [2.75, 3.05) is 7.11 Å². The van der Waals surface area contributed by atoms with Crippen LogP contribution in [-0.2, 0) is 0 Å². The van der Waals surface area contributed by atoms with Crippen LogP contribution in [0.3, 0.4) is 0 Å². The fraction of sp³-hybridized carbons (Fsp3) is 0.0500. The van der Waals surface area contributed by atoms with Crippen molar-refractivity contribution in [3.05, 3.63) is 85.4 Å². The number of fused-ring (bicyclic) bond motifs is 1. The maximum Gasteiger partial charge on any atom is 0.291 e. The first-order chi connectivity index (χ1) is 13.1. The Labute approximate surface area is 163 Å². The van der Waals surface area contributed by atoms with Gasteiger partial charge in [0.05, 0.1) is 11.6 Å². The molecular formula is C20H14ClN3O2S. The zero-order chi connectivity index (χ0) is 18.8. The Balaban J connectivity index is 1.64. The lowest BCUT2D eigenvalue weighted by Gasteiger charge is -1.98. The number of aromatic nitrogens is 3. The molecule has 0 aliphatic heterocycles. The smallest absolute Gasteiger partial charge is 0.291 e. The van der Waals surface area contributed by atoms with Crippen LogP contribution in [0.5, 0.6) is 5.75 Å². The van der Waals surface area contributed by atoms with Gasteiger partial charge >= 0.3 is 0 Å². The molecule has 0 aliphatic rings. The molecular weight excluding hydrogens is 382 g/mol. The molecule has 2 aromatic heterocycles. The summed E-state index contributed by atoms with van der Waals surface area (Å²) in [6, 6.07) is 15.0. The molecule has 4 aromatic rings. The number of ether oxygens (including phenoxy) is 1. The largest absolute Gasteiger partial charge is 0.497 e. The third kappa shape index (κ3) is 3.77. The summed E-state index contributed by atoms with van der Waals surface area (Å²) in [4.78, 5) is 17.5.